The van der Waals surface area contributed by atoms with Gasteiger partial charge >= 0.3 is 0 Å². The van der Waals surface area contributed by atoms with E-state index in [9.17, 15) is 0 Å². The minimum Gasteiger partial charge on any atom is -0.493 e. The maximum absolute atomic E-state index is 6.06. The number of rotatable bonds is 11. The van der Waals surface area contributed by atoms with Crippen molar-refractivity contribution in [1.29, 1.82) is 0 Å². The third-order valence-electron chi connectivity index (χ3n) is 3.98. The molecule has 0 spiro atoms. The van der Waals surface area contributed by atoms with Crippen molar-refractivity contribution in [2.75, 3.05) is 20.3 Å². The largest absolute Gasteiger partial charge is 0.493 e. The van der Waals surface area contributed by atoms with Crippen molar-refractivity contribution in [1.82, 2.24) is 5.32 Å². The highest BCUT2D eigenvalue weighted by Gasteiger charge is 2.11. The highest BCUT2D eigenvalue weighted by Crippen LogP contribution is 2.34. The average Bonchev–Trinajstić information content (AvgIpc) is 2.66. The molecule has 7 heteroatoms. The average molecular weight is 491 g/mol. The van der Waals surface area contributed by atoms with E-state index in [4.69, 9.17) is 37.4 Å². The van der Waals surface area contributed by atoms with Crippen LogP contribution in [0.3, 0.4) is 0 Å². The van der Waals surface area contributed by atoms with Gasteiger partial charge in [-0.25, -0.2) is 0 Å². The van der Waals surface area contributed by atoms with Crippen molar-refractivity contribution in [2.24, 2.45) is 0 Å². The van der Waals surface area contributed by atoms with Crippen LogP contribution in [0.15, 0.2) is 34.8 Å². The minimum absolute atomic E-state index is 0.273. The Labute approximate surface area is 185 Å². The van der Waals surface area contributed by atoms with Crippen LogP contribution in [0.1, 0.15) is 31.4 Å². The van der Waals surface area contributed by atoms with E-state index in [0.29, 0.717) is 28.2 Å². The third kappa shape index (κ3) is 7.45. The van der Waals surface area contributed by atoms with E-state index in [1.807, 2.05) is 32.0 Å². The lowest BCUT2D eigenvalue weighted by atomic mass is 10.2. The summed E-state index contributed by atoms with van der Waals surface area (Å²) < 4.78 is 17.9. The summed E-state index contributed by atoms with van der Waals surface area (Å²) in [5, 5.41) is 4.46. The van der Waals surface area contributed by atoms with Crippen molar-refractivity contribution in [2.45, 2.75) is 39.5 Å². The van der Waals surface area contributed by atoms with Gasteiger partial charge in [-0.3, -0.25) is 0 Å². The minimum atomic E-state index is 0.273. The molecule has 0 fully saturated rings. The molecule has 0 atom stereocenters. The summed E-state index contributed by atoms with van der Waals surface area (Å²) in [6.45, 7) is 6.83. The van der Waals surface area contributed by atoms with E-state index in [1.165, 1.54) is 0 Å². The first-order valence-corrected chi connectivity index (χ1v) is 10.7. The molecule has 2 aromatic carbocycles. The van der Waals surface area contributed by atoms with Gasteiger partial charge in [0.2, 0.25) is 0 Å². The molecule has 0 saturated carbocycles. The van der Waals surface area contributed by atoms with Crippen LogP contribution in [0.5, 0.6) is 11.5 Å². The molecular formula is C21H26BrCl2NO3. The molecule has 0 unspecified atom stereocenters. The van der Waals surface area contributed by atoms with Crippen molar-refractivity contribution >= 4 is 39.1 Å². The topological polar surface area (TPSA) is 39.7 Å². The second-order valence-corrected chi connectivity index (χ2v) is 8.25. The fraction of sp³-hybridized carbons (Fsp3) is 0.429. The van der Waals surface area contributed by atoms with Gasteiger partial charge < -0.3 is 19.5 Å². The van der Waals surface area contributed by atoms with E-state index < -0.39 is 0 Å². The summed E-state index contributed by atoms with van der Waals surface area (Å²) in [6.07, 6.45) is 1.24. The molecule has 0 amide bonds. The molecule has 4 nitrogen and oxygen atoms in total. The van der Waals surface area contributed by atoms with Crippen LogP contribution >= 0.6 is 39.1 Å². The van der Waals surface area contributed by atoms with E-state index in [2.05, 4.69) is 21.2 Å². The maximum Gasteiger partial charge on any atom is 0.162 e. The summed E-state index contributed by atoms with van der Waals surface area (Å²) in [4.78, 5) is 0. The fourth-order valence-corrected chi connectivity index (χ4v) is 3.30. The van der Waals surface area contributed by atoms with Crippen LogP contribution in [-0.2, 0) is 17.9 Å². The fourth-order valence-electron chi connectivity index (χ4n) is 2.51. The Bertz CT molecular complexity index is 772. The lowest BCUT2D eigenvalue weighted by Gasteiger charge is -2.15. The van der Waals surface area contributed by atoms with Gasteiger partial charge in [-0.15, -0.1) is 0 Å². The molecule has 2 aromatic rings. The Kier molecular flexibility index (Phi) is 9.89. The van der Waals surface area contributed by atoms with Crippen molar-refractivity contribution in [3.05, 3.63) is 56.0 Å². The molecule has 154 valence electrons. The van der Waals surface area contributed by atoms with E-state index in [0.717, 1.165) is 41.7 Å². The Morgan fingerprint density at radius 2 is 1.86 bits per heavy atom. The van der Waals surface area contributed by atoms with E-state index in [-0.39, 0.29) is 6.10 Å². The zero-order valence-corrected chi connectivity index (χ0v) is 19.5. The predicted molar refractivity (Wildman–Crippen MR) is 119 cm³/mol. The molecule has 0 bridgehead atoms. The second-order valence-electron chi connectivity index (χ2n) is 6.58. The number of ether oxygens (including phenoxy) is 3. The Morgan fingerprint density at radius 3 is 2.54 bits per heavy atom. The molecular weight excluding hydrogens is 465 g/mol. The summed E-state index contributed by atoms with van der Waals surface area (Å²) in [5.41, 5.74) is 2.03. The lowest BCUT2D eigenvalue weighted by molar-refractivity contribution is 0.0770. The first kappa shape index (κ1) is 23.3. The van der Waals surface area contributed by atoms with Crippen LogP contribution in [0.25, 0.3) is 0 Å². The first-order valence-electron chi connectivity index (χ1n) is 9.16. The number of methoxy groups -OCH3 is 1. The first-order chi connectivity index (χ1) is 13.4. The zero-order valence-electron chi connectivity index (χ0n) is 16.4. The van der Waals surface area contributed by atoms with Gasteiger partial charge in [0.1, 0.15) is 6.61 Å². The van der Waals surface area contributed by atoms with Gasteiger partial charge in [0.05, 0.1) is 23.3 Å². The zero-order chi connectivity index (χ0) is 20.5. The predicted octanol–water partition coefficient (Wildman–Crippen LogP) is 6.25. The molecule has 0 aliphatic rings. The van der Waals surface area contributed by atoms with Gasteiger partial charge in [-0.1, -0.05) is 45.2 Å². The lowest BCUT2D eigenvalue weighted by Crippen LogP contribution is -2.17. The molecule has 0 aromatic heterocycles. The number of nitrogens with one attached hydrogen (secondary N) is 1. The SMILES string of the molecule is COc1cc(CNCCCOC(C)C)c(Br)cc1OCc1ccc(Cl)c(Cl)c1. The van der Waals surface area contributed by atoms with Gasteiger partial charge in [-0.2, -0.15) is 0 Å². The van der Waals surface area contributed by atoms with Crippen molar-refractivity contribution < 1.29 is 14.2 Å². The molecule has 28 heavy (non-hydrogen) atoms. The summed E-state index contributed by atoms with van der Waals surface area (Å²) in [5.74, 6) is 1.35. The summed E-state index contributed by atoms with van der Waals surface area (Å²) in [6, 6.07) is 9.35. The summed E-state index contributed by atoms with van der Waals surface area (Å²) >= 11 is 15.6. The highest BCUT2D eigenvalue weighted by atomic mass is 79.9. The van der Waals surface area contributed by atoms with Crippen LogP contribution in [0.4, 0.5) is 0 Å². The molecule has 2 rings (SSSR count). The number of hydrogen-bond donors (Lipinski definition) is 1. The van der Waals surface area contributed by atoms with Crippen molar-refractivity contribution in [3.63, 3.8) is 0 Å². The van der Waals surface area contributed by atoms with E-state index >= 15 is 0 Å². The van der Waals surface area contributed by atoms with Gasteiger partial charge in [0, 0.05) is 17.6 Å². The third-order valence-corrected chi connectivity index (χ3v) is 5.45. The standard InChI is InChI=1S/C21H26BrCl2NO3/c1-14(2)27-8-4-7-25-12-16-10-20(26-3)21(11-17(16)22)28-13-15-5-6-18(23)19(24)9-15/h5-6,9-11,14,25H,4,7-8,12-13H2,1-3H3. The second kappa shape index (κ2) is 11.9. The van der Waals surface area contributed by atoms with Crippen LogP contribution in [-0.4, -0.2) is 26.4 Å². The molecule has 0 aliphatic heterocycles. The quantitative estimate of drug-likeness (QED) is 0.378. The molecule has 0 heterocycles. The number of halogens is 3. The normalized spacial score (nSPS) is 11.1. The summed E-state index contributed by atoms with van der Waals surface area (Å²) in [7, 11) is 1.63. The van der Waals surface area contributed by atoms with Crippen LogP contribution < -0.4 is 14.8 Å². The number of benzene rings is 2. The monoisotopic (exact) mass is 489 g/mol. The van der Waals surface area contributed by atoms with Crippen molar-refractivity contribution in [3.8, 4) is 11.5 Å². The smallest absolute Gasteiger partial charge is 0.162 e. The molecule has 1 N–H and O–H groups in total. The van der Waals surface area contributed by atoms with E-state index in [1.54, 1.807) is 19.2 Å². The highest BCUT2D eigenvalue weighted by molar-refractivity contribution is 9.10. The Balaban J connectivity index is 1.93. The Hall–Kier alpha value is -0.980. The Morgan fingerprint density at radius 1 is 1.07 bits per heavy atom. The van der Waals surface area contributed by atoms with Crippen LogP contribution in [0.2, 0.25) is 10.0 Å². The molecule has 0 saturated heterocycles. The number of hydrogen-bond acceptors (Lipinski definition) is 4. The maximum atomic E-state index is 6.06. The molecule has 0 aliphatic carbocycles. The van der Waals surface area contributed by atoms with Gasteiger partial charge in [-0.05, 0) is 62.2 Å². The van der Waals surface area contributed by atoms with Crippen LogP contribution in [0, 0.1) is 0 Å². The van der Waals surface area contributed by atoms with Gasteiger partial charge in [0.15, 0.2) is 11.5 Å². The molecule has 0 radical (unpaired) electrons. The van der Waals surface area contributed by atoms with Gasteiger partial charge in [0.25, 0.3) is 0 Å².